The minimum Gasteiger partial charge on any atom is -0.368 e. The summed E-state index contributed by atoms with van der Waals surface area (Å²) < 4.78 is 30.2. The summed E-state index contributed by atoms with van der Waals surface area (Å²) in [5.74, 6) is 0.622. The molecule has 0 spiro atoms. The second-order valence-corrected chi connectivity index (χ2v) is 7.89. The fraction of sp³-hybridized carbons (Fsp3) is 0.692. The summed E-state index contributed by atoms with van der Waals surface area (Å²) in [6.07, 6.45) is 1.72. The number of nitrogens with one attached hydrogen (secondary N) is 1. The van der Waals surface area contributed by atoms with Crippen LogP contribution in [0.15, 0.2) is 6.07 Å². The van der Waals surface area contributed by atoms with Gasteiger partial charge in [-0.25, -0.2) is 13.1 Å². The van der Waals surface area contributed by atoms with Gasteiger partial charge in [-0.1, -0.05) is 0 Å². The third kappa shape index (κ3) is 3.11. The van der Waals surface area contributed by atoms with E-state index in [9.17, 15) is 13.2 Å². The molecule has 0 bridgehead atoms. The Bertz CT molecular complexity index is 646. The Hall–Kier alpha value is -1.41. The smallest absolute Gasteiger partial charge is 0.254 e. The number of hydrogen-bond donors (Lipinski definition) is 1. The second kappa shape index (κ2) is 5.42. The van der Waals surface area contributed by atoms with Crippen LogP contribution in [-0.2, 0) is 19.4 Å². The van der Waals surface area contributed by atoms with E-state index >= 15 is 0 Å². The fourth-order valence-corrected chi connectivity index (χ4v) is 4.54. The lowest BCUT2D eigenvalue weighted by Gasteiger charge is -2.15. The minimum atomic E-state index is -2.99. The Morgan fingerprint density at radius 1 is 1.48 bits per heavy atom. The van der Waals surface area contributed by atoms with Crippen LogP contribution in [0.3, 0.4) is 0 Å². The molecule has 0 saturated carbocycles. The Labute approximate surface area is 123 Å². The molecule has 0 unspecified atom stereocenters. The standard InChI is InChI=1S/C13H19N3O4S/c1-9-7-12(14-13(17)11-3-2-5-20-11)16(15-9)10-4-6-21(18,19)8-10/h7,10-11H,2-6,8H2,1H3,(H,14,17)/t10-,11-/m1/s1. The van der Waals surface area contributed by atoms with Gasteiger partial charge in [-0.2, -0.15) is 5.10 Å². The number of hydrogen-bond acceptors (Lipinski definition) is 5. The molecular weight excluding hydrogens is 294 g/mol. The van der Waals surface area contributed by atoms with Crippen molar-refractivity contribution in [2.75, 3.05) is 23.4 Å². The fourth-order valence-electron chi connectivity index (χ4n) is 2.85. The van der Waals surface area contributed by atoms with Crippen molar-refractivity contribution in [2.24, 2.45) is 0 Å². The number of amides is 1. The third-order valence-corrected chi connectivity index (χ3v) is 5.64. The van der Waals surface area contributed by atoms with Gasteiger partial charge in [0.05, 0.1) is 23.2 Å². The van der Waals surface area contributed by atoms with Gasteiger partial charge in [0.25, 0.3) is 5.91 Å². The van der Waals surface area contributed by atoms with Gasteiger partial charge in [0, 0.05) is 12.7 Å². The Morgan fingerprint density at radius 3 is 2.90 bits per heavy atom. The van der Waals surface area contributed by atoms with E-state index in [1.807, 2.05) is 6.92 Å². The highest BCUT2D eigenvalue weighted by Crippen LogP contribution is 2.27. The van der Waals surface area contributed by atoms with Crippen molar-refractivity contribution in [1.82, 2.24) is 9.78 Å². The van der Waals surface area contributed by atoms with Crippen LogP contribution in [0.25, 0.3) is 0 Å². The van der Waals surface area contributed by atoms with E-state index in [2.05, 4.69) is 10.4 Å². The molecule has 1 aromatic heterocycles. The van der Waals surface area contributed by atoms with Crippen molar-refractivity contribution >= 4 is 21.6 Å². The van der Waals surface area contributed by atoms with Crippen LogP contribution in [0.2, 0.25) is 0 Å². The van der Waals surface area contributed by atoms with E-state index in [-0.39, 0.29) is 23.5 Å². The first kappa shape index (κ1) is 14.5. The second-order valence-electron chi connectivity index (χ2n) is 5.66. The molecule has 2 aliphatic rings. The molecule has 3 heterocycles. The lowest BCUT2D eigenvalue weighted by Crippen LogP contribution is -2.28. The molecule has 2 atom stereocenters. The van der Waals surface area contributed by atoms with E-state index < -0.39 is 15.9 Å². The molecule has 21 heavy (non-hydrogen) atoms. The van der Waals surface area contributed by atoms with Gasteiger partial charge in [0.15, 0.2) is 9.84 Å². The van der Waals surface area contributed by atoms with Crippen molar-refractivity contribution in [1.29, 1.82) is 0 Å². The highest BCUT2D eigenvalue weighted by atomic mass is 32.2. The van der Waals surface area contributed by atoms with Crippen molar-refractivity contribution in [3.63, 3.8) is 0 Å². The SMILES string of the molecule is Cc1cc(NC(=O)[C@H]2CCCO2)n([C@@H]2CCS(=O)(=O)C2)n1. The Morgan fingerprint density at radius 2 is 2.29 bits per heavy atom. The highest BCUT2D eigenvalue weighted by molar-refractivity contribution is 7.91. The van der Waals surface area contributed by atoms with E-state index in [0.717, 1.165) is 18.5 Å². The summed E-state index contributed by atoms with van der Waals surface area (Å²) in [5.41, 5.74) is 0.752. The molecule has 1 amide bonds. The molecule has 116 valence electrons. The summed E-state index contributed by atoms with van der Waals surface area (Å²) in [4.78, 5) is 12.1. The molecule has 2 saturated heterocycles. The van der Waals surface area contributed by atoms with Gasteiger partial charge in [-0.05, 0) is 26.2 Å². The van der Waals surface area contributed by atoms with E-state index in [4.69, 9.17) is 4.74 Å². The number of sulfone groups is 1. The van der Waals surface area contributed by atoms with E-state index in [0.29, 0.717) is 18.8 Å². The van der Waals surface area contributed by atoms with Crippen LogP contribution >= 0.6 is 0 Å². The number of nitrogens with zero attached hydrogens (tertiary/aromatic N) is 2. The number of anilines is 1. The lowest BCUT2D eigenvalue weighted by atomic mass is 10.2. The quantitative estimate of drug-likeness (QED) is 0.885. The van der Waals surface area contributed by atoms with Gasteiger partial charge in [0.2, 0.25) is 0 Å². The Kier molecular flexibility index (Phi) is 3.75. The number of aryl methyl sites for hydroxylation is 1. The highest BCUT2D eigenvalue weighted by Gasteiger charge is 2.32. The summed E-state index contributed by atoms with van der Waals surface area (Å²) in [7, 11) is -2.99. The average Bonchev–Trinajstić information content (AvgIpc) is 3.09. The average molecular weight is 313 g/mol. The monoisotopic (exact) mass is 313 g/mol. The summed E-state index contributed by atoms with van der Waals surface area (Å²) in [5, 5.41) is 7.15. The zero-order chi connectivity index (χ0) is 15.0. The van der Waals surface area contributed by atoms with E-state index in [1.54, 1.807) is 10.7 Å². The Balaban J connectivity index is 1.78. The zero-order valence-electron chi connectivity index (χ0n) is 11.9. The lowest BCUT2D eigenvalue weighted by molar-refractivity contribution is -0.124. The molecule has 2 aliphatic heterocycles. The van der Waals surface area contributed by atoms with Gasteiger partial charge < -0.3 is 10.1 Å². The van der Waals surface area contributed by atoms with Crippen LogP contribution in [0.4, 0.5) is 5.82 Å². The van der Waals surface area contributed by atoms with E-state index in [1.165, 1.54) is 0 Å². The molecule has 1 N–H and O–H groups in total. The van der Waals surface area contributed by atoms with Crippen molar-refractivity contribution in [2.45, 2.75) is 38.3 Å². The maximum atomic E-state index is 12.1. The predicted molar refractivity (Wildman–Crippen MR) is 76.9 cm³/mol. The van der Waals surface area contributed by atoms with Gasteiger partial charge in [0.1, 0.15) is 11.9 Å². The van der Waals surface area contributed by atoms with Crippen molar-refractivity contribution in [3.8, 4) is 0 Å². The molecule has 0 aromatic carbocycles. The molecular formula is C13H19N3O4S. The number of rotatable bonds is 3. The summed E-state index contributed by atoms with van der Waals surface area (Å²) in [6.45, 7) is 2.43. The van der Waals surface area contributed by atoms with Crippen LogP contribution in [0, 0.1) is 6.92 Å². The predicted octanol–water partition coefficient (Wildman–Crippen LogP) is 0.669. The van der Waals surface area contributed by atoms with Crippen molar-refractivity contribution < 1.29 is 17.9 Å². The first-order valence-corrected chi connectivity index (χ1v) is 8.96. The number of aromatic nitrogens is 2. The first-order valence-electron chi connectivity index (χ1n) is 7.14. The first-order chi connectivity index (χ1) is 9.94. The van der Waals surface area contributed by atoms with Gasteiger partial charge in [-0.15, -0.1) is 0 Å². The molecule has 0 aliphatic carbocycles. The molecule has 8 heteroatoms. The largest absolute Gasteiger partial charge is 0.368 e. The van der Waals surface area contributed by atoms with Gasteiger partial charge >= 0.3 is 0 Å². The normalized spacial score (nSPS) is 27.9. The number of ether oxygens (including phenoxy) is 1. The van der Waals surface area contributed by atoms with Crippen LogP contribution < -0.4 is 5.32 Å². The molecule has 1 aromatic rings. The zero-order valence-corrected chi connectivity index (χ0v) is 12.7. The van der Waals surface area contributed by atoms with Crippen LogP contribution in [-0.4, -0.2) is 48.3 Å². The number of carbonyl (C=O) groups excluding carboxylic acids is 1. The molecule has 3 rings (SSSR count). The minimum absolute atomic E-state index is 0.0803. The number of carbonyl (C=O) groups is 1. The maximum absolute atomic E-state index is 12.1. The molecule has 7 nitrogen and oxygen atoms in total. The van der Waals surface area contributed by atoms with Gasteiger partial charge in [-0.3, -0.25) is 4.79 Å². The van der Waals surface area contributed by atoms with Crippen LogP contribution in [0.1, 0.15) is 31.0 Å². The summed E-state index contributed by atoms with van der Waals surface area (Å²) in [6, 6.07) is 1.56. The topological polar surface area (TPSA) is 90.3 Å². The molecule has 2 fully saturated rings. The van der Waals surface area contributed by atoms with Crippen LogP contribution in [0.5, 0.6) is 0 Å². The third-order valence-electron chi connectivity index (χ3n) is 3.89. The van der Waals surface area contributed by atoms with Crippen molar-refractivity contribution in [3.05, 3.63) is 11.8 Å². The molecule has 0 radical (unpaired) electrons. The summed E-state index contributed by atoms with van der Waals surface area (Å²) >= 11 is 0. The maximum Gasteiger partial charge on any atom is 0.254 e.